The van der Waals surface area contributed by atoms with Gasteiger partial charge in [-0.15, -0.1) is 0 Å². The molecule has 4 heteroatoms. The lowest BCUT2D eigenvalue weighted by Crippen LogP contribution is -2.34. The first kappa shape index (κ1) is 19.5. The van der Waals surface area contributed by atoms with E-state index in [9.17, 15) is 4.79 Å². The van der Waals surface area contributed by atoms with Crippen molar-refractivity contribution in [3.63, 3.8) is 0 Å². The Labute approximate surface area is 173 Å². The van der Waals surface area contributed by atoms with Crippen molar-refractivity contribution in [2.75, 3.05) is 19.6 Å². The highest BCUT2D eigenvalue weighted by Gasteiger charge is 2.22. The summed E-state index contributed by atoms with van der Waals surface area (Å²) in [6.45, 7) is 7.77. The second-order valence-electron chi connectivity index (χ2n) is 8.23. The highest BCUT2D eigenvalue weighted by molar-refractivity contribution is 6.34. The molecular formula is C24H29ClN2O. The molecule has 1 fully saturated rings. The second kappa shape index (κ2) is 8.26. The zero-order chi connectivity index (χ0) is 19.7. The molecular weight excluding hydrogens is 368 g/mol. The van der Waals surface area contributed by atoms with Crippen molar-refractivity contribution in [2.45, 2.75) is 52.1 Å². The average molecular weight is 397 g/mol. The van der Waals surface area contributed by atoms with Crippen molar-refractivity contribution in [2.24, 2.45) is 0 Å². The lowest BCUT2D eigenvalue weighted by atomic mass is 9.93. The molecule has 0 N–H and O–H groups in total. The fourth-order valence-electron chi connectivity index (χ4n) is 4.55. The maximum atomic E-state index is 11.7. The van der Waals surface area contributed by atoms with E-state index in [0.717, 1.165) is 42.6 Å². The van der Waals surface area contributed by atoms with E-state index in [-0.39, 0.29) is 5.91 Å². The lowest BCUT2D eigenvalue weighted by Gasteiger charge is -2.29. The Balaban J connectivity index is 1.48. The number of nitrogens with zero attached hydrogens (tertiary/aromatic N) is 2. The highest BCUT2D eigenvalue weighted by Crippen LogP contribution is 2.35. The molecule has 28 heavy (non-hydrogen) atoms. The summed E-state index contributed by atoms with van der Waals surface area (Å²) in [6, 6.07) is 13.8. The van der Waals surface area contributed by atoms with Gasteiger partial charge in [-0.05, 0) is 61.4 Å². The van der Waals surface area contributed by atoms with Crippen LogP contribution in [-0.2, 0) is 24.2 Å². The first-order valence-electron chi connectivity index (χ1n) is 10.4. The summed E-state index contributed by atoms with van der Waals surface area (Å²) in [5.74, 6) is 0.129. The Hall–Kier alpha value is -1.84. The third-order valence-electron chi connectivity index (χ3n) is 6.42. The van der Waals surface area contributed by atoms with Crippen LogP contribution in [0.4, 0.5) is 0 Å². The monoisotopic (exact) mass is 396 g/mol. The zero-order valence-electron chi connectivity index (χ0n) is 16.9. The van der Waals surface area contributed by atoms with Gasteiger partial charge in [0.15, 0.2) is 0 Å². The summed E-state index contributed by atoms with van der Waals surface area (Å²) >= 11 is 6.78. The van der Waals surface area contributed by atoms with Gasteiger partial charge >= 0.3 is 0 Å². The smallest absolute Gasteiger partial charge is 0.219 e. The number of benzene rings is 2. The van der Waals surface area contributed by atoms with Gasteiger partial charge in [0.25, 0.3) is 0 Å². The number of hydrogen-bond donors (Lipinski definition) is 0. The van der Waals surface area contributed by atoms with Crippen molar-refractivity contribution in [1.29, 1.82) is 0 Å². The molecule has 2 aromatic carbocycles. The number of halogens is 1. The molecule has 3 nitrogen and oxygen atoms in total. The van der Waals surface area contributed by atoms with E-state index in [4.69, 9.17) is 11.6 Å². The van der Waals surface area contributed by atoms with E-state index in [1.165, 1.54) is 41.6 Å². The van der Waals surface area contributed by atoms with Crippen LogP contribution >= 0.6 is 11.6 Å². The molecule has 4 rings (SSSR count). The molecule has 2 aromatic rings. The van der Waals surface area contributed by atoms with Crippen LogP contribution in [-0.4, -0.2) is 41.4 Å². The van der Waals surface area contributed by atoms with Gasteiger partial charge in [0, 0.05) is 38.2 Å². The molecule has 0 spiro atoms. The molecule has 0 radical (unpaired) electrons. The van der Waals surface area contributed by atoms with Crippen LogP contribution < -0.4 is 0 Å². The van der Waals surface area contributed by atoms with Crippen LogP contribution in [0.25, 0.3) is 11.1 Å². The molecule has 0 unspecified atom stereocenters. The molecule has 1 atom stereocenters. The van der Waals surface area contributed by atoms with Crippen LogP contribution in [0.15, 0.2) is 36.4 Å². The van der Waals surface area contributed by atoms with Crippen molar-refractivity contribution in [3.05, 3.63) is 58.1 Å². The van der Waals surface area contributed by atoms with Crippen molar-refractivity contribution in [3.8, 4) is 11.1 Å². The number of fused-ring (bicyclic) bond motifs is 1. The predicted octanol–water partition coefficient (Wildman–Crippen LogP) is 4.94. The van der Waals surface area contributed by atoms with E-state index in [1.54, 1.807) is 6.92 Å². The van der Waals surface area contributed by atoms with Gasteiger partial charge in [0.2, 0.25) is 5.91 Å². The molecule has 148 valence electrons. The number of carbonyl (C=O) groups excluding carboxylic acids is 1. The lowest BCUT2D eigenvalue weighted by molar-refractivity contribution is -0.129. The Bertz CT molecular complexity index is 862. The van der Waals surface area contributed by atoms with Crippen LogP contribution in [0.2, 0.25) is 5.02 Å². The Morgan fingerprint density at radius 1 is 1.14 bits per heavy atom. The van der Waals surface area contributed by atoms with Gasteiger partial charge in [0.1, 0.15) is 0 Å². The Kier molecular flexibility index (Phi) is 5.75. The molecule has 2 heterocycles. The molecule has 2 aliphatic heterocycles. The number of likely N-dealkylation sites (tertiary alicyclic amines) is 1. The second-order valence-corrected chi connectivity index (χ2v) is 8.61. The third-order valence-corrected chi connectivity index (χ3v) is 6.85. The SMILES string of the molecule is CC(=O)N1CCc2c(ccc(-c3ccc(CCN4CCC[C@H]4C)cc3)c2Cl)C1. The molecule has 1 amide bonds. The molecule has 2 aliphatic rings. The summed E-state index contributed by atoms with van der Waals surface area (Å²) < 4.78 is 0. The fourth-order valence-corrected chi connectivity index (χ4v) is 4.94. The largest absolute Gasteiger partial charge is 0.338 e. The van der Waals surface area contributed by atoms with Gasteiger partial charge in [-0.3, -0.25) is 4.79 Å². The van der Waals surface area contributed by atoms with Gasteiger partial charge in [-0.1, -0.05) is 48.0 Å². The van der Waals surface area contributed by atoms with Crippen molar-refractivity contribution >= 4 is 17.5 Å². The van der Waals surface area contributed by atoms with Crippen molar-refractivity contribution in [1.82, 2.24) is 9.80 Å². The fraction of sp³-hybridized carbons (Fsp3) is 0.458. The van der Waals surface area contributed by atoms with Gasteiger partial charge < -0.3 is 9.80 Å². The number of hydrogen-bond acceptors (Lipinski definition) is 2. The van der Waals surface area contributed by atoms with E-state index in [0.29, 0.717) is 6.54 Å². The minimum atomic E-state index is 0.129. The molecule has 0 aromatic heterocycles. The average Bonchev–Trinajstić information content (AvgIpc) is 3.12. The number of amides is 1. The van der Waals surface area contributed by atoms with Crippen molar-refractivity contribution < 1.29 is 4.79 Å². The predicted molar refractivity (Wildman–Crippen MR) is 116 cm³/mol. The third kappa shape index (κ3) is 3.97. The molecule has 1 saturated heterocycles. The standard InChI is InChI=1S/C24H29ClN2O/c1-17-4-3-13-26(17)14-11-19-5-7-20(8-6-19)22-10-9-21-16-27(18(2)28)15-12-23(21)24(22)25/h5-10,17H,3-4,11-16H2,1-2H3/t17-/m1/s1. The van der Waals surface area contributed by atoms with E-state index >= 15 is 0 Å². The summed E-state index contributed by atoms with van der Waals surface area (Å²) in [7, 11) is 0. The molecule has 0 aliphatic carbocycles. The normalized spacial score (nSPS) is 19.7. The molecule has 0 bridgehead atoms. The topological polar surface area (TPSA) is 23.6 Å². The summed E-state index contributed by atoms with van der Waals surface area (Å²) in [6.07, 6.45) is 4.60. The number of carbonyl (C=O) groups is 1. The highest BCUT2D eigenvalue weighted by atomic mass is 35.5. The Morgan fingerprint density at radius 2 is 1.93 bits per heavy atom. The van der Waals surface area contributed by atoms with Crippen LogP contribution in [0.5, 0.6) is 0 Å². The summed E-state index contributed by atoms with van der Waals surface area (Å²) in [5, 5.41) is 0.847. The maximum absolute atomic E-state index is 11.7. The Morgan fingerprint density at radius 3 is 2.61 bits per heavy atom. The minimum Gasteiger partial charge on any atom is -0.338 e. The maximum Gasteiger partial charge on any atom is 0.219 e. The first-order valence-corrected chi connectivity index (χ1v) is 10.8. The van der Waals surface area contributed by atoms with Gasteiger partial charge in [-0.25, -0.2) is 0 Å². The first-order chi connectivity index (χ1) is 13.5. The van der Waals surface area contributed by atoms with Gasteiger partial charge in [0.05, 0.1) is 5.02 Å². The molecule has 0 saturated carbocycles. The summed E-state index contributed by atoms with van der Waals surface area (Å²) in [5.41, 5.74) is 6.01. The van der Waals surface area contributed by atoms with E-state index < -0.39 is 0 Å². The minimum absolute atomic E-state index is 0.129. The van der Waals surface area contributed by atoms with Gasteiger partial charge in [-0.2, -0.15) is 0 Å². The van der Waals surface area contributed by atoms with Crippen LogP contribution in [0, 0.1) is 0 Å². The zero-order valence-corrected chi connectivity index (χ0v) is 17.6. The van der Waals surface area contributed by atoms with Crippen LogP contribution in [0.3, 0.4) is 0 Å². The number of rotatable bonds is 4. The van der Waals surface area contributed by atoms with Crippen LogP contribution in [0.1, 0.15) is 43.4 Å². The quantitative estimate of drug-likeness (QED) is 0.730. The van der Waals surface area contributed by atoms with E-state index in [2.05, 4.69) is 48.2 Å². The van der Waals surface area contributed by atoms with E-state index in [1.807, 2.05) is 4.90 Å². The summed E-state index contributed by atoms with van der Waals surface area (Å²) in [4.78, 5) is 16.1.